The Labute approximate surface area is 174 Å². The number of carbonyl (C=O) groups is 2. The Bertz CT molecular complexity index is 749. The molecular weight excluding hydrogens is 366 g/mol. The minimum atomic E-state index is -0.164. The first-order chi connectivity index (χ1) is 14.1. The molecule has 2 aliphatic heterocycles. The largest absolute Gasteiger partial charge is 0.494 e. The molecule has 6 heteroatoms. The lowest BCUT2D eigenvalue weighted by molar-refractivity contribution is -0.137. The number of rotatable bonds is 9. The Morgan fingerprint density at radius 2 is 1.59 bits per heavy atom. The van der Waals surface area contributed by atoms with E-state index in [2.05, 4.69) is 23.6 Å². The molecule has 1 aromatic carbocycles. The van der Waals surface area contributed by atoms with Crippen molar-refractivity contribution < 1.29 is 14.3 Å². The summed E-state index contributed by atoms with van der Waals surface area (Å²) in [5.41, 5.74) is 1.91. The number of imide groups is 1. The zero-order chi connectivity index (χ0) is 20.8. The molecule has 158 valence electrons. The smallest absolute Gasteiger partial charge is 0.277 e. The maximum absolute atomic E-state index is 13.3. The Kier molecular flexibility index (Phi) is 7.31. The van der Waals surface area contributed by atoms with E-state index in [9.17, 15) is 9.59 Å². The number of ether oxygens (including phenoxy) is 1. The number of likely N-dealkylation sites (N-methyl/N-ethyl adjacent to an activating group) is 1. The second-order valence-corrected chi connectivity index (χ2v) is 7.57. The average molecular weight is 400 g/mol. The van der Waals surface area contributed by atoms with Crippen LogP contribution in [0.3, 0.4) is 0 Å². The van der Waals surface area contributed by atoms with Crippen LogP contribution >= 0.6 is 0 Å². The second kappa shape index (κ2) is 9.92. The van der Waals surface area contributed by atoms with Crippen LogP contribution in [-0.4, -0.2) is 72.4 Å². The highest BCUT2D eigenvalue weighted by Crippen LogP contribution is 2.33. The third kappa shape index (κ3) is 4.64. The Hall–Kier alpha value is -2.34. The summed E-state index contributed by atoms with van der Waals surface area (Å²) in [4.78, 5) is 32.5. The van der Waals surface area contributed by atoms with Crippen LogP contribution in [0.1, 0.15) is 45.6 Å². The van der Waals surface area contributed by atoms with E-state index in [1.54, 1.807) is 0 Å². The molecule has 0 bridgehead atoms. The van der Waals surface area contributed by atoms with Gasteiger partial charge in [-0.1, -0.05) is 38.8 Å². The lowest BCUT2D eigenvalue weighted by Crippen LogP contribution is -2.47. The van der Waals surface area contributed by atoms with Gasteiger partial charge in [-0.25, -0.2) is 0 Å². The highest BCUT2D eigenvalue weighted by molar-refractivity contribution is 6.35. The van der Waals surface area contributed by atoms with Crippen LogP contribution in [0.2, 0.25) is 0 Å². The molecule has 3 rings (SSSR count). The van der Waals surface area contributed by atoms with Gasteiger partial charge in [-0.2, -0.15) is 0 Å². The molecule has 1 aromatic rings. The number of amides is 2. The van der Waals surface area contributed by atoms with Crippen LogP contribution in [0.5, 0.6) is 5.75 Å². The third-order valence-electron chi connectivity index (χ3n) is 5.72. The van der Waals surface area contributed by atoms with Crippen molar-refractivity contribution >= 4 is 17.4 Å². The molecule has 6 nitrogen and oxygen atoms in total. The highest BCUT2D eigenvalue weighted by Gasteiger charge is 2.41. The van der Waals surface area contributed by atoms with E-state index in [0.29, 0.717) is 24.4 Å². The summed E-state index contributed by atoms with van der Waals surface area (Å²) in [5.74, 6) is 0.467. The van der Waals surface area contributed by atoms with Crippen LogP contribution in [0, 0.1) is 0 Å². The van der Waals surface area contributed by atoms with Crippen LogP contribution in [0.25, 0.3) is 5.57 Å². The maximum atomic E-state index is 13.3. The SMILES string of the molecule is CCCCCN1C(=O)C(c2ccc(OCC)cc2)=C(N2CCN(CC)CC2)C1=O. The number of piperazine rings is 1. The summed E-state index contributed by atoms with van der Waals surface area (Å²) in [5, 5.41) is 0. The summed E-state index contributed by atoms with van der Waals surface area (Å²) in [6.07, 6.45) is 2.92. The predicted octanol–water partition coefficient (Wildman–Crippen LogP) is 2.99. The van der Waals surface area contributed by atoms with Gasteiger partial charge >= 0.3 is 0 Å². The van der Waals surface area contributed by atoms with Crippen LogP contribution in [-0.2, 0) is 9.59 Å². The van der Waals surface area contributed by atoms with Gasteiger partial charge in [-0.3, -0.25) is 14.5 Å². The first-order valence-corrected chi connectivity index (χ1v) is 10.9. The van der Waals surface area contributed by atoms with Crippen LogP contribution in [0.4, 0.5) is 0 Å². The molecule has 1 fully saturated rings. The minimum Gasteiger partial charge on any atom is -0.494 e. The fourth-order valence-electron chi connectivity index (χ4n) is 4.01. The summed E-state index contributed by atoms with van der Waals surface area (Å²) >= 11 is 0. The molecule has 2 heterocycles. The summed E-state index contributed by atoms with van der Waals surface area (Å²) < 4.78 is 5.53. The molecule has 2 aliphatic rings. The van der Waals surface area contributed by atoms with E-state index >= 15 is 0 Å². The number of benzene rings is 1. The van der Waals surface area contributed by atoms with Crippen LogP contribution < -0.4 is 4.74 Å². The normalized spacial score (nSPS) is 18.2. The van der Waals surface area contributed by atoms with Crippen molar-refractivity contribution in [3.05, 3.63) is 35.5 Å². The van der Waals surface area contributed by atoms with Crippen molar-refractivity contribution in [2.75, 3.05) is 45.9 Å². The number of nitrogens with zero attached hydrogens (tertiary/aromatic N) is 3. The van der Waals surface area contributed by atoms with E-state index in [-0.39, 0.29) is 11.8 Å². The number of carbonyl (C=O) groups excluding carboxylic acids is 2. The molecule has 2 amide bonds. The quantitative estimate of drug-likeness (QED) is 0.472. The van der Waals surface area contributed by atoms with E-state index in [1.807, 2.05) is 31.2 Å². The monoisotopic (exact) mass is 399 g/mol. The molecule has 0 radical (unpaired) electrons. The Morgan fingerprint density at radius 3 is 2.17 bits per heavy atom. The van der Waals surface area contributed by atoms with Gasteiger partial charge in [-0.05, 0) is 37.6 Å². The summed E-state index contributed by atoms with van der Waals surface area (Å²) in [6.45, 7) is 11.7. The van der Waals surface area contributed by atoms with Crippen molar-refractivity contribution in [1.82, 2.24) is 14.7 Å². The van der Waals surface area contributed by atoms with Crippen molar-refractivity contribution in [2.45, 2.75) is 40.0 Å². The van der Waals surface area contributed by atoms with Crippen molar-refractivity contribution in [1.29, 1.82) is 0 Å². The lowest BCUT2D eigenvalue weighted by atomic mass is 10.0. The molecule has 0 aliphatic carbocycles. The zero-order valence-corrected chi connectivity index (χ0v) is 17.9. The first kappa shape index (κ1) is 21.4. The van der Waals surface area contributed by atoms with Gasteiger partial charge in [0.1, 0.15) is 11.4 Å². The van der Waals surface area contributed by atoms with Gasteiger partial charge in [0.2, 0.25) is 0 Å². The molecule has 0 aromatic heterocycles. The lowest BCUT2D eigenvalue weighted by Gasteiger charge is -2.36. The molecule has 0 saturated carbocycles. The Balaban J connectivity index is 1.91. The van der Waals surface area contributed by atoms with E-state index < -0.39 is 0 Å². The van der Waals surface area contributed by atoms with Gasteiger partial charge in [0, 0.05) is 32.7 Å². The summed E-state index contributed by atoms with van der Waals surface area (Å²) in [7, 11) is 0. The zero-order valence-electron chi connectivity index (χ0n) is 17.9. The van der Waals surface area contributed by atoms with Gasteiger partial charge in [0.15, 0.2) is 0 Å². The van der Waals surface area contributed by atoms with Crippen molar-refractivity contribution in [3.63, 3.8) is 0 Å². The van der Waals surface area contributed by atoms with Crippen LogP contribution in [0.15, 0.2) is 30.0 Å². The molecule has 0 spiro atoms. The van der Waals surface area contributed by atoms with E-state index in [1.165, 1.54) is 4.90 Å². The Morgan fingerprint density at radius 1 is 0.897 bits per heavy atom. The molecule has 0 unspecified atom stereocenters. The molecule has 0 N–H and O–H groups in total. The first-order valence-electron chi connectivity index (χ1n) is 10.9. The van der Waals surface area contributed by atoms with E-state index in [4.69, 9.17) is 4.74 Å². The van der Waals surface area contributed by atoms with Crippen molar-refractivity contribution in [2.24, 2.45) is 0 Å². The topological polar surface area (TPSA) is 53.1 Å². The fraction of sp³-hybridized carbons (Fsp3) is 0.565. The predicted molar refractivity (Wildman–Crippen MR) is 114 cm³/mol. The summed E-state index contributed by atoms with van der Waals surface area (Å²) in [6, 6.07) is 7.53. The standard InChI is InChI=1S/C23H33N3O3/c1-4-7-8-13-26-22(27)20(18-9-11-19(12-10-18)29-6-3)21(23(26)28)25-16-14-24(5-2)15-17-25/h9-12H,4-8,13-17H2,1-3H3. The van der Waals surface area contributed by atoms with Gasteiger partial charge < -0.3 is 14.5 Å². The van der Waals surface area contributed by atoms with Gasteiger partial charge in [0.05, 0.1) is 12.2 Å². The van der Waals surface area contributed by atoms with Crippen molar-refractivity contribution in [3.8, 4) is 5.75 Å². The minimum absolute atomic E-state index is 0.139. The average Bonchev–Trinajstić information content (AvgIpc) is 2.99. The number of hydrogen-bond donors (Lipinski definition) is 0. The van der Waals surface area contributed by atoms with E-state index in [0.717, 1.165) is 63.3 Å². The fourth-order valence-corrected chi connectivity index (χ4v) is 4.01. The highest BCUT2D eigenvalue weighted by atomic mass is 16.5. The molecule has 1 saturated heterocycles. The number of hydrogen-bond acceptors (Lipinski definition) is 5. The van der Waals surface area contributed by atoms with Gasteiger partial charge in [-0.15, -0.1) is 0 Å². The molecule has 0 atom stereocenters. The molecule has 29 heavy (non-hydrogen) atoms. The second-order valence-electron chi connectivity index (χ2n) is 7.57. The molecular formula is C23H33N3O3. The van der Waals surface area contributed by atoms with Gasteiger partial charge in [0.25, 0.3) is 11.8 Å². The maximum Gasteiger partial charge on any atom is 0.277 e. The third-order valence-corrected chi connectivity index (χ3v) is 5.72. The number of unbranched alkanes of at least 4 members (excludes halogenated alkanes) is 2.